The fraction of sp³-hybridized carbons (Fsp3) is 0.130. The van der Waals surface area contributed by atoms with Gasteiger partial charge in [0.1, 0.15) is 11.6 Å². The summed E-state index contributed by atoms with van der Waals surface area (Å²) >= 11 is 1.81. The molecule has 0 amide bonds. The van der Waals surface area contributed by atoms with Gasteiger partial charge in [0.15, 0.2) is 0 Å². The fourth-order valence-electron chi connectivity index (χ4n) is 10.8. The predicted octanol–water partition coefficient (Wildman–Crippen LogP) is 19.4. The Hall–Kier alpha value is -7.83. The van der Waals surface area contributed by atoms with Crippen molar-refractivity contribution in [3.63, 3.8) is 0 Å². The summed E-state index contributed by atoms with van der Waals surface area (Å²) in [6, 6.07) is 72.7. The van der Waals surface area contributed by atoms with E-state index < -0.39 is 0 Å². The maximum absolute atomic E-state index is 14.0. The van der Waals surface area contributed by atoms with Crippen molar-refractivity contribution in [2.45, 2.75) is 59.3 Å². The standard InChI is InChI=1S/C69H54FN4OS.Pt/c1-43-34-64(71-41-58(43)46-26-28-49(70)29-27-46)74-61-33-32-54-53-22-14-17-25-63(53)76-67(54)65(61)55-31-30-51(40-62(55)74)75-52-36-47(68(2,3)4)35-50(39-52)72-42-73(60-24-16-15-23-59(60)72)66-56(44-18-10-8-11-19-44)37-48(69(5,6)7)38-57(66)45-20-12-9-13-21-45;/h8-38,41-42H,1-7H3;/q-3;. The molecule has 13 rings (SSSR count). The van der Waals surface area contributed by atoms with Gasteiger partial charge < -0.3 is 19.1 Å². The van der Waals surface area contributed by atoms with Gasteiger partial charge in [-0.3, -0.25) is 0 Å². The van der Waals surface area contributed by atoms with Crippen LogP contribution in [0.15, 0.2) is 194 Å². The Morgan fingerprint density at radius 1 is 0.558 bits per heavy atom. The molecule has 0 bridgehead atoms. The molecule has 3 aromatic heterocycles. The van der Waals surface area contributed by atoms with Crippen molar-refractivity contribution in [2.24, 2.45) is 0 Å². The van der Waals surface area contributed by atoms with Crippen LogP contribution >= 0.6 is 11.3 Å². The molecule has 5 nitrogen and oxygen atoms in total. The van der Waals surface area contributed by atoms with Gasteiger partial charge in [0.2, 0.25) is 0 Å². The molecule has 9 aromatic carbocycles. The van der Waals surface area contributed by atoms with E-state index in [1.54, 1.807) is 12.1 Å². The zero-order valence-corrected chi connectivity index (χ0v) is 46.9. The molecule has 8 heteroatoms. The van der Waals surface area contributed by atoms with Crippen LogP contribution < -0.4 is 14.5 Å². The maximum Gasteiger partial charge on any atom is 0.135 e. The number of pyridine rings is 1. The van der Waals surface area contributed by atoms with E-state index in [1.165, 1.54) is 37.9 Å². The zero-order chi connectivity index (χ0) is 52.0. The Balaban J connectivity index is 0.00000596. The van der Waals surface area contributed by atoms with Crippen LogP contribution in [0.1, 0.15) is 58.2 Å². The second-order valence-electron chi connectivity index (χ2n) is 21.9. The normalized spacial score (nSPS) is 12.7. The van der Waals surface area contributed by atoms with Crippen molar-refractivity contribution >= 4 is 76.1 Å². The van der Waals surface area contributed by atoms with E-state index in [0.29, 0.717) is 11.5 Å². The van der Waals surface area contributed by atoms with Gasteiger partial charge >= 0.3 is 0 Å². The average Bonchev–Trinajstić information content (AvgIpc) is 4.34. The Kier molecular flexibility index (Phi) is 12.5. The Labute approximate surface area is 468 Å². The number of fused-ring (bicyclic) bond motifs is 8. The summed E-state index contributed by atoms with van der Waals surface area (Å²) < 4.78 is 25.7. The predicted molar refractivity (Wildman–Crippen MR) is 316 cm³/mol. The molecule has 12 aromatic rings. The molecule has 1 aliphatic rings. The van der Waals surface area contributed by atoms with Gasteiger partial charge in [-0.15, -0.1) is 65.0 Å². The van der Waals surface area contributed by atoms with Crippen LogP contribution in [0.5, 0.6) is 11.5 Å². The number of ether oxygens (including phenoxy) is 1. The van der Waals surface area contributed by atoms with Gasteiger partial charge in [-0.2, -0.15) is 6.07 Å². The third kappa shape index (κ3) is 8.90. The molecule has 0 radical (unpaired) electrons. The van der Waals surface area contributed by atoms with E-state index in [0.717, 1.165) is 94.9 Å². The first kappa shape index (κ1) is 50.0. The first-order valence-corrected chi connectivity index (χ1v) is 26.7. The van der Waals surface area contributed by atoms with Crippen molar-refractivity contribution in [2.75, 3.05) is 9.80 Å². The van der Waals surface area contributed by atoms with Gasteiger partial charge in [-0.25, -0.2) is 9.37 Å². The summed E-state index contributed by atoms with van der Waals surface area (Å²) in [6.07, 6.45) is 1.89. The van der Waals surface area contributed by atoms with Gasteiger partial charge in [0.05, 0.1) is 0 Å². The summed E-state index contributed by atoms with van der Waals surface area (Å²) in [5.41, 5.74) is 15.5. The summed E-state index contributed by atoms with van der Waals surface area (Å²) in [5.74, 6) is 1.63. The summed E-state index contributed by atoms with van der Waals surface area (Å²) in [5, 5.41) is 4.66. The van der Waals surface area contributed by atoms with Crippen LogP contribution in [0.4, 0.5) is 27.1 Å². The third-order valence-electron chi connectivity index (χ3n) is 14.8. The number of aromatic nitrogens is 2. The maximum atomic E-state index is 14.0. The molecule has 0 N–H and O–H groups in total. The average molecular weight is 1200 g/mol. The second kappa shape index (κ2) is 19.3. The molecular weight excluding hydrogens is 1150 g/mol. The third-order valence-corrected chi connectivity index (χ3v) is 16.0. The van der Waals surface area contributed by atoms with Crippen LogP contribution in [0.25, 0.3) is 81.2 Å². The van der Waals surface area contributed by atoms with Crippen molar-refractivity contribution in [3.8, 4) is 50.7 Å². The van der Waals surface area contributed by atoms with E-state index >= 15 is 0 Å². The molecule has 0 spiro atoms. The minimum atomic E-state index is -0.268. The number of nitrogens with zero attached hydrogens (tertiary/aromatic N) is 4. The number of thiophene rings is 1. The molecule has 77 heavy (non-hydrogen) atoms. The molecule has 1 aliphatic heterocycles. The summed E-state index contributed by atoms with van der Waals surface area (Å²) in [7, 11) is 0. The molecule has 0 unspecified atom stereocenters. The van der Waals surface area contributed by atoms with Crippen molar-refractivity contribution < 1.29 is 30.2 Å². The first-order chi connectivity index (χ1) is 36.7. The van der Waals surface area contributed by atoms with Crippen molar-refractivity contribution in [1.29, 1.82) is 0 Å². The minimum absolute atomic E-state index is 0. The second-order valence-corrected chi connectivity index (χ2v) is 23.0. The van der Waals surface area contributed by atoms with Gasteiger partial charge in [-0.05, 0) is 106 Å². The SMILES string of the molecule is Cc1cc(-n2c3[c-]c(Oc4[c-]c(N5[CH-]N(c6c(-c7ccccc7)cc(C(C)(C)C)cc6-c6ccccc6)c6ccccc65)cc(C(C)(C)C)c4)ccc3c3c4sc5ccccc5c4ccc32)ncc1-c1ccc(F)cc1.[Pt]. The number of para-hydroxylation sites is 2. The first-order valence-electron chi connectivity index (χ1n) is 25.9. The Morgan fingerprint density at radius 3 is 1.82 bits per heavy atom. The van der Waals surface area contributed by atoms with E-state index in [-0.39, 0.29) is 37.7 Å². The molecule has 4 heterocycles. The monoisotopic (exact) mass is 1200 g/mol. The summed E-state index contributed by atoms with van der Waals surface area (Å²) in [6.45, 7) is 17.9. The number of halogens is 1. The van der Waals surface area contributed by atoms with Gasteiger partial charge in [0, 0.05) is 98.2 Å². The van der Waals surface area contributed by atoms with E-state index in [4.69, 9.17) is 9.72 Å². The molecule has 0 aliphatic carbocycles. The summed E-state index contributed by atoms with van der Waals surface area (Å²) in [4.78, 5) is 9.73. The number of rotatable bonds is 8. The smallest absolute Gasteiger partial charge is 0.135 e. The van der Waals surface area contributed by atoms with E-state index in [1.807, 2.05) is 23.6 Å². The molecule has 0 saturated heterocycles. The van der Waals surface area contributed by atoms with Crippen LogP contribution in [0.3, 0.4) is 0 Å². The number of hydrogen-bond donors (Lipinski definition) is 0. The van der Waals surface area contributed by atoms with Crippen LogP contribution in [-0.2, 0) is 31.9 Å². The molecule has 382 valence electrons. The number of aryl methyl sites for hydroxylation is 1. The Bertz CT molecular complexity index is 4170. The number of benzene rings is 9. The quantitative estimate of drug-likeness (QED) is 0.142. The number of hydrogen-bond acceptors (Lipinski definition) is 5. The molecular formula is C69H54FN4OPtS-3. The van der Waals surface area contributed by atoms with Crippen molar-refractivity contribution in [3.05, 3.63) is 236 Å². The minimum Gasteiger partial charge on any atom is -0.509 e. The molecule has 0 fully saturated rings. The Morgan fingerprint density at radius 2 is 1.16 bits per heavy atom. The van der Waals surface area contributed by atoms with E-state index in [9.17, 15) is 4.39 Å². The van der Waals surface area contributed by atoms with Gasteiger partial charge in [0.25, 0.3) is 0 Å². The van der Waals surface area contributed by atoms with Crippen molar-refractivity contribution in [1.82, 2.24) is 9.55 Å². The zero-order valence-electron chi connectivity index (χ0n) is 43.9. The van der Waals surface area contributed by atoms with Crippen LogP contribution in [0, 0.1) is 31.5 Å². The largest absolute Gasteiger partial charge is 0.509 e. The number of anilines is 4. The fourth-order valence-corrected chi connectivity index (χ4v) is 12.1. The van der Waals surface area contributed by atoms with Crippen LogP contribution in [-0.4, -0.2) is 9.55 Å². The topological polar surface area (TPSA) is 33.5 Å². The molecule has 0 atom stereocenters. The van der Waals surface area contributed by atoms with Crippen LogP contribution in [0.2, 0.25) is 0 Å². The van der Waals surface area contributed by atoms with E-state index in [2.05, 4.69) is 239 Å². The van der Waals surface area contributed by atoms with Gasteiger partial charge in [-0.1, -0.05) is 156 Å². The molecule has 0 saturated carbocycles.